The number of carbonyl (C=O) groups excluding carboxylic acids is 1. The molecule has 3 aromatic rings. The zero-order valence-corrected chi connectivity index (χ0v) is 18.5. The van der Waals surface area contributed by atoms with Crippen LogP contribution in [-0.4, -0.2) is 63.8 Å². The Labute approximate surface area is 192 Å². The van der Waals surface area contributed by atoms with Crippen molar-refractivity contribution in [2.24, 2.45) is 0 Å². The Hall–Kier alpha value is -3.59. The third-order valence-electron chi connectivity index (χ3n) is 5.82. The summed E-state index contributed by atoms with van der Waals surface area (Å²) in [5.41, 5.74) is 2.04. The van der Waals surface area contributed by atoms with Gasteiger partial charge in [0.2, 0.25) is 5.91 Å². The molecule has 1 amide bonds. The standard InChI is InChI=1S/C24H27FN6O2/c1-33-22-10-6-18(7-11-22)3-2-14-30-16-21(31-17-27-28-29-31)15-23(30)24(32)26-13-12-19-4-8-20(25)9-5-19/h2-11,17,21,23H,12-16H2,1H3,(H,26,32)/b3-2+/t21-,23+/m1/s1. The monoisotopic (exact) mass is 450 g/mol. The van der Waals surface area contributed by atoms with Gasteiger partial charge in [-0.15, -0.1) is 5.10 Å². The van der Waals surface area contributed by atoms with E-state index in [9.17, 15) is 9.18 Å². The van der Waals surface area contributed by atoms with Crippen LogP contribution in [0.1, 0.15) is 23.6 Å². The Balaban J connectivity index is 1.37. The number of likely N-dealkylation sites (tertiary alicyclic amines) is 1. The molecule has 8 nitrogen and oxygen atoms in total. The van der Waals surface area contributed by atoms with Gasteiger partial charge in [-0.3, -0.25) is 9.69 Å². The molecular weight excluding hydrogens is 423 g/mol. The van der Waals surface area contributed by atoms with E-state index in [2.05, 4.69) is 31.8 Å². The van der Waals surface area contributed by atoms with Crippen molar-refractivity contribution in [3.63, 3.8) is 0 Å². The lowest BCUT2D eigenvalue weighted by Crippen LogP contribution is -2.43. The summed E-state index contributed by atoms with van der Waals surface area (Å²) >= 11 is 0. The van der Waals surface area contributed by atoms with Crippen molar-refractivity contribution >= 4 is 12.0 Å². The second-order valence-corrected chi connectivity index (χ2v) is 7.99. The highest BCUT2D eigenvalue weighted by atomic mass is 19.1. The predicted octanol–water partition coefficient (Wildman–Crippen LogP) is 2.51. The van der Waals surface area contributed by atoms with Crippen LogP contribution in [0.5, 0.6) is 5.75 Å². The fourth-order valence-electron chi connectivity index (χ4n) is 4.02. The number of rotatable bonds is 9. The van der Waals surface area contributed by atoms with E-state index < -0.39 is 0 Å². The first-order valence-corrected chi connectivity index (χ1v) is 10.9. The van der Waals surface area contributed by atoms with Crippen molar-refractivity contribution in [1.29, 1.82) is 0 Å². The third kappa shape index (κ3) is 6.01. The summed E-state index contributed by atoms with van der Waals surface area (Å²) in [6.45, 7) is 1.79. The molecule has 1 aliphatic rings. The molecule has 33 heavy (non-hydrogen) atoms. The van der Waals surface area contributed by atoms with E-state index in [0.29, 0.717) is 32.5 Å². The van der Waals surface area contributed by atoms with Crippen molar-refractivity contribution in [2.75, 3.05) is 26.7 Å². The summed E-state index contributed by atoms with van der Waals surface area (Å²) < 4.78 is 20.0. The number of hydrogen-bond donors (Lipinski definition) is 1. The number of nitrogens with one attached hydrogen (secondary N) is 1. The molecule has 4 rings (SSSR count). The van der Waals surface area contributed by atoms with Crippen molar-refractivity contribution in [1.82, 2.24) is 30.4 Å². The average molecular weight is 451 g/mol. The number of hydrogen-bond acceptors (Lipinski definition) is 6. The molecule has 1 aromatic heterocycles. The number of tetrazole rings is 1. The fraction of sp³-hybridized carbons (Fsp3) is 0.333. The lowest BCUT2D eigenvalue weighted by molar-refractivity contribution is -0.125. The van der Waals surface area contributed by atoms with Gasteiger partial charge in [0.05, 0.1) is 19.2 Å². The first-order chi connectivity index (χ1) is 16.1. The molecule has 1 saturated heterocycles. The molecule has 1 N–H and O–H groups in total. The molecule has 0 aliphatic carbocycles. The Morgan fingerprint density at radius 1 is 1.21 bits per heavy atom. The number of nitrogens with zero attached hydrogens (tertiary/aromatic N) is 5. The lowest BCUT2D eigenvalue weighted by Gasteiger charge is -2.22. The third-order valence-corrected chi connectivity index (χ3v) is 5.82. The summed E-state index contributed by atoms with van der Waals surface area (Å²) in [5.74, 6) is 0.527. The van der Waals surface area contributed by atoms with E-state index in [1.807, 2.05) is 30.3 Å². The summed E-state index contributed by atoms with van der Waals surface area (Å²) in [4.78, 5) is 15.1. The molecule has 9 heteroatoms. The first-order valence-electron chi connectivity index (χ1n) is 10.9. The minimum atomic E-state index is -0.284. The van der Waals surface area contributed by atoms with Crippen LogP contribution in [0.3, 0.4) is 0 Å². The van der Waals surface area contributed by atoms with Crippen LogP contribution in [0.4, 0.5) is 4.39 Å². The van der Waals surface area contributed by atoms with E-state index in [1.54, 1.807) is 30.3 Å². The topological polar surface area (TPSA) is 85.2 Å². The van der Waals surface area contributed by atoms with Crippen LogP contribution in [0.25, 0.3) is 6.08 Å². The van der Waals surface area contributed by atoms with Gasteiger partial charge in [-0.2, -0.15) is 0 Å². The molecule has 2 heterocycles. The molecule has 0 radical (unpaired) electrons. The van der Waals surface area contributed by atoms with E-state index in [-0.39, 0.29) is 23.8 Å². The molecule has 0 spiro atoms. The van der Waals surface area contributed by atoms with Gasteiger partial charge in [0.1, 0.15) is 17.9 Å². The zero-order valence-electron chi connectivity index (χ0n) is 18.5. The molecule has 0 bridgehead atoms. The fourth-order valence-corrected chi connectivity index (χ4v) is 4.02. The number of benzene rings is 2. The van der Waals surface area contributed by atoms with Gasteiger partial charge in [-0.1, -0.05) is 36.4 Å². The smallest absolute Gasteiger partial charge is 0.237 e. The Kier molecular flexibility index (Phi) is 7.41. The van der Waals surface area contributed by atoms with Crippen LogP contribution >= 0.6 is 0 Å². The Morgan fingerprint density at radius 2 is 2.00 bits per heavy atom. The number of methoxy groups -OCH3 is 1. The highest BCUT2D eigenvalue weighted by Crippen LogP contribution is 2.26. The molecule has 172 valence electrons. The maximum atomic E-state index is 13.1. The minimum Gasteiger partial charge on any atom is -0.497 e. The van der Waals surface area contributed by atoms with Crippen LogP contribution in [0.2, 0.25) is 0 Å². The number of halogens is 1. The SMILES string of the molecule is COc1ccc(/C=C/CN2C[C@H](n3cnnn3)C[C@H]2C(=O)NCCc2ccc(F)cc2)cc1. The first kappa shape index (κ1) is 22.6. The van der Waals surface area contributed by atoms with Crippen LogP contribution in [-0.2, 0) is 11.2 Å². The van der Waals surface area contributed by atoms with Gasteiger partial charge in [0, 0.05) is 19.6 Å². The molecule has 0 unspecified atom stereocenters. The number of ether oxygens (including phenoxy) is 1. The molecular formula is C24H27FN6O2. The van der Waals surface area contributed by atoms with Crippen molar-refractivity contribution < 1.29 is 13.9 Å². The minimum absolute atomic E-state index is 0.0227. The van der Waals surface area contributed by atoms with Gasteiger partial charge in [0.25, 0.3) is 0 Å². The second kappa shape index (κ2) is 10.8. The van der Waals surface area contributed by atoms with Gasteiger partial charge in [-0.05, 0) is 58.7 Å². The highest BCUT2D eigenvalue weighted by molar-refractivity contribution is 5.82. The van der Waals surface area contributed by atoms with Gasteiger partial charge < -0.3 is 10.1 Å². The number of amides is 1. The lowest BCUT2D eigenvalue weighted by atomic mass is 10.1. The quantitative estimate of drug-likeness (QED) is 0.539. The summed E-state index contributed by atoms with van der Waals surface area (Å²) in [6, 6.07) is 13.9. The zero-order chi connectivity index (χ0) is 23.0. The van der Waals surface area contributed by atoms with Gasteiger partial charge in [-0.25, -0.2) is 9.07 Å². The maximum absolute atomic E-state index is 13.1. The van der Waals surface area contributed by atoms with E-state index >= 15 is 0 Å². The molecule has 2 aromatic carbocycles. The van der Waals surface area contributed by atoms with E-state index in [1.165, 1.54) is 12.1 Å². The van der Waals surface area contributed by atoms with E-state index in [0.717, 1.165) is 16.9 Å². The Bertz CT molecular complexity index is 1050. The van der Waals surface area contributed by atoms with E-state index in [4.69, 9.17) is 4.74 Å². The van der Waals surface area contributed by atoms with Crippen LogP contribution in [0, 0.1) is 5.82 Å². The maximum Gasteiger partial charge on any atom is 0.237 e. The van der Waals surface area contributed by atoms with Crippen molar-refractivity contribution in [3.8, 4) is 5.75 Å². The van der Waals surface area contributed by atoms with Crippen LogP contribution < -0.4 is 10.1 Å². The molecule has 1 aliphatic heterocycles. The van der Waals surface area contributed by atoms with Crippen molar-refractivity contribution in [2.45, 2.75) is 24.9 Å². The number of aromatic nitrogens is 4. The largest absolute Gasteiger partial charge is 0.497 e. The summed E-state index contributed by atoms with van der Waals surface area (Å²) in [6.07, 6.45) is 6.96. The van der Waals surface area contributed by atoms with Gasteiger partial charge in [0.15, 0.2) is 0 Å². The normalized spacial score (nSPS) is 18.6. The average Bonchev–Trinajstić information content (AvgIpc) is 3.51. The second-order valence-electron chi connectivity index (χ2n) is 7.99. The molecule has 2 atom stereocenters. The number of carbonyl (C=O) groups is 1. The Morgan fingerprint density at radius 3 is 2.70 bits per heavy atom. The summed E-state index contributed by atoms with van der Waals surface area (Å²) in [7, 11) is 1.64. The molecule has 0 saturated carbocycles. The predicted molar refractivity (Wildman–Crippen MR) is 122 cm³/mol. The van der Waals surface area contributed by atoms with Crippen molar-refractivity contribution in [3.05, 3.63) is 77.9 Å². The van der Waals surface area contributed by atoms with Gasteiger partial charge >= 0.3 is 0 Å². The highest BCUT2D eigenvalue weighted by Gasteiger charge is 2.37. The van der Waals surface area contributed by atoms with Crippen LogP contribution in [0.15, 0.2) is 60.9 Å². The molecule has 1 fully saturated rings. The summed E-state index contributed by atoms with van der Waals surface area (Å²) in [5, 5.41) is 14.5.